The highest BCUT2D eigenvalue weighted by Crippen LogP contribution is 2.37. The van der Waals surface area contributed by atoms with Crippen LogP contribution < -0.4 is 4.74 Å². The van der Waals surface area contributed by atoms with Gasteiger partial charge in [-0.1, -0.05) is 23.2 Å². The second-order valence-corrected chi connectivity index (χ2v) is 7.85. The molecule has 29 heavy (non-hydrogen) atoms. The highest BCUT2D eigenvalue weighted by atomic mass is 35.5. The predicted molar refractivity (Wildman–Crippen MR) is 112 cm³/mol. The van der Waals surface area contributed by atoms with E-state index in [1.54, 1.807) is 17.0 Å². The summed E-state index contributed by atoms with van der Waals surface area (Å²) in [6.07, 6.45) is 3.55. The number of aromatic amines is 1. The maximum absolute atomic E-state index is 12.6. The van der Waals surface area contributed by atoms with Gasteiger partial charge >= 0.3 is 0 Å². The van der Waals surface area contributed by atoms with Crippen LogP contribution in [0.2, 0.25) is 10.0 Å². The van der Waals surface area contributed by atoms with Crippen LogP contribution >= 0.6 is 23.2 Å². The summed E-state index contributed by atoms with van der Waals surface area (Å²) in [6.45, 7) is 3.11. The number of nitrogens with one attached hydrogen (secondary N) is 1. The van der Waals surface area contributed by atoms with Crippen molar-refractivity contribution >= 4 is 45.8 Å². The van der Waals surface area contributed by atoms with Crippen molar-refractivity contribution in [3.8, 4) is 5.75 Å². The van der Waals surface area contributed by atoms with Crippen LogP contribution in [-0.4, -0.2) is 46.3 Å². The molecule has 3 heterocycles. The lowest BCUT2D eigenvalue weighted by Crippen LogP contribution is -2.27. The molecule has 1 aromatic carbocycles. The molecule has 2 aromatic heterocycles. The first kappa shape index (κ1) is 19.7. The summed E-state index contributed by atoms with van der Waals surface area (Å²) in [5.41, 5.74) is 2.07. The molecule has 0 atom stereocenters. The number of likely N-dealkylation sites (tertiary alicyclic amines) is 1. The number of ketones is 1. The summed E-state index contributed by atoms with van der Waals surface area (Å²) in [5, 5.41) is 1.45. The summed E-state index contributed by atoms with van der Waals surface area (Å²) < 4.78 is 5.73. The van der Waals surface area contributed by atoms with Gasteiger partial charge in [-0.2, -0.15) is 0 Å². The van der Waals surface area contributed by atoms with Crippen LogP contribution in [0.3, 0.4) is 0 Å². The number of nitrogens with zero attached hydrogens (tertiary/aromatic N) is 2. The van der Waals surface area contributed by atoms with E-state index >= 15 is 0 Å². The van der Waals surface area contributed by atoms with E-state index in [0.717, 1.165) is 31.6 Å². The number of pyridine rings is 1. The number of hydrogen-bond donors (Lipinski definition) is 1. The molecule has 1 amide bonds. The molecule has 0 spiro atoms. The smallest absolute Gasteiger partial charge is 0.270 e. The maximum Gasteiger partial charge on any atom is 0.270 e. The molecule has 0 saturated carbocycles. The Kier molecular flexibility index (Phi) is 5.48. The van der Waals surface area contributed by atoms with Crippen LogP contribution in [0.1, 0.15) is 39.4 Å². The number of H-pyrrole nitrogens is 1. The molecule has 0 unspecified atom stereocenters. The zero-order valence-electron chi connectivity index (χ0n) is 15.8. The van der Waals surface area contributed by atoms with E-state index in [1.807, 2.05) is 19.1 Å². The van der Waals surface area contributed by atoms with Gasteiger partial charge in [0.2, 0.25) is 5.78 Å². The van der Waals surface area contributed by atoms with Crippen molar-refractivity contribution in [1.82, 2.24) is 14.9 Å². The van der Waals surface area contributed by atoms with Crippen molar-refractivity contribution < 1.29 is 14.3 Å². The fraction of sp³-hybridized carbons (Fsp3) is 0.286. The Balaban J connectivity index is 1.52. The summed E-state index contributed by atoms with van der Waals surface area (Å²) in [7, 11) is 0. The molecule has 6 nitrogen and oxygen atoms in total. The molecule has 150 valence electrons. The van der Waals surface area contributed by atoms with E-state index in [2.05, 4.69) is 9.97 Å². The van der Waals surface area contributed by atoms with Gasteiger partial charge in [-0.05, 0) is 44.0 Å². The average molecular weight is 432 g/mol. The van der Waals surface area contributed by atoms with Crippen LogP contribution in [0.5, 0.6) is 5.75 Å². The normalized spacial score (nSPS) is 13.8. The fourth-order valence-electron chi connectivity index (χ4n) is 3.42. The van der Waals surface area contributed by atoms with E-state index in [9.17, 15) is 9.59 Å². The lowest BCUT2D eigenvalue weighted by atomic mass is 10.2. The SMILES string of the molecule is Cc1ccc2c(Cl)cc(Cl)c(OCC(=O)c3c[nH]c(C(=O)N4CCCC4)c3)c2n1. The van der Waals surface area contributed by atoms with Crippen LogP contribution in [-0.2, 0) is 0 Å². The van der Waals surface area contributed by atoms with Crippen molar-refractivity contribution in [3.05, 3.63) is 57.5 Å². The van der Waals surface area contributed by atoms with Gasteiger partial charge in [0.05, 0.1) is 10.0 Å². The van der Waals surface area contributed by atoms with Gasteiger partial charge in [-0.25, -0.2) is 4.98 Å². The second kappa shape index (κ2) is 8.05. The molecular weight excluding hydrogens is 413 g/mol. The molecule has 1 fully saturated rings. The van der Waals surface area contributed by atoms with Crippen LogP contribution in [0.4, 0.5) is 0 Å². The molecule has 4 rings (SSSR count). The van der Waals surface area contributed by atoms with Gasteiger partial charge < -0.3 is 14.6 Å². The van der Waals surface area contributed by atoms with Crippen molar-refractivity contribution in [2.75, 3.05) is 19.7 Å². The molecule has 0 bridgehead atoms. The first-order valence-electron chi connectivity index (χ1n) is 9.33. The van der Waals surface area contributed by atoms with Gasteiger partial charge in [0.1, 0.15) is 11.2 Å². The largest absolute Gasteiger partial charge is 0.482 e. The molecule has 0 aliphatic carbocycles. The third-order valence-corrected chi connectivity index (χ3v) is 5.55. The van der Waals surface area contributed by atoms with Crippen molar-refractivity contribution in [2.24, 2.45) is 0 Å². The average Bonchev–Trinajstić information content (AvgIpc) is 3.39. The first-order chi connectivity index (χ1) is 13.9. The minimum atomic E-state index is -0.270. The molecular formula is C21H19Cl2N3O3. The monoisotopic (exact) mass is 431 g/mol. The lowest BCUT2D eigenvalue weighted by Gasteiger charge is -2.13. The van der Waals surface area contributed by atoms with Crippen LogP contribution in [0, 0.1) is 6.92 Å². The summed E-state index contributed by atoms with van der Waals surface area (Å²) >= 11 is 12.5. The minimum Gasteiger partial charge on any atom is -0.482 e. The highest BCUT2D eigenvalue weighted by Gasteiger charge is 2.22. The van der Waals surface area contributed by atoms with E-state index in [4.69, 9.17) is 27.9 Å². The van der Waals surface area contributed by atoms with E-state index < -0.39 is 0 Å². The summed E-state index contributed by atoms with van der Waals surface area (Å²) in [6, 6.07) is 6.82. The van der Waals surface area contributed by atoms with E-state index in [1.165, 1.54) is 6.20 Å². The molecule has 3 aromatic rings. The zero-order valence-corrected chi connectivity index (χ0v) is 17.3. The molecule has 8 heteroatoms. The Morgan fingerprint density at radius 2 is 1.93 bits per heavy atom. The summed E-state index contributed by atoms with van der Waals surface area (Å²) in [4.78, 5) is 34.2. The quantitative estimate of drug-likeness (QED) is 0.595. The van der Waals surface area contributed by atoms with Gasteiger partial charge in [-0.3, -0.25) is 9.59 Å². The Labute approximate surface area is 177 Å². The fourth-order valence-corrected chi connectivity index (χ4v) is 3.99. The van der Waals surface area contributed by atoms with Crippen molar-refractivity contribution in [1.29, 1.82) is 0 Å². The molecule has 0 radical (unpaired) electrons. The number of carbonyl (C=O) groups is 2. The number of hydrogen-bond acceptors (Lipinski definition) is 4. The number of aryl methyl sites for hydroxylation is 1. The number of fused-ring (bicyclic) bond motifs is 1. The van der Waals surface area contributed by atoms with Gasteiger partial charge in [-0.15, -0.1) is 0 Å². The number of carbonyl (C=O) groups excluding carboxylic acids is 2. The van der Waals surface area contributed by atoms with Gasteiger partial charge in [0, 0.05) is 35.9 Å². The number of ether oxygens (including phenoxy) is 1. The number of Topliss-reactive ketones (excluding diaryl/α,β-unsaturated/α-hetero) is 1. The molecule has 1 aliphatic rings. The number of benzene rings is 1. The molecule has 1 saturated heterocycles. The van der Waals surface area contributed by atoms with Crippen molar-refractivity contribution in [2.45, 2.75) is 19.8 Å². The Bertz CT molecular complexity index is 1100. The van der Waals surface area contributed by atoms with E-state index in [0.29, 0.717) is 32.9 Å². The van der Waals surface area contributed by atoms with Crippen molar-refractivity contribution in [3.63, 3.8) is 0 Å². The topological polar surface area (TPSA) is 75.3 Å². The number of rotatable bonds is 5. The Morgan fingerprint density at radius 1 is 1.17 bits per heavy atom. The predicted octanol–water partition coefficient (Wildman–Crippen LogP) is 4.68. The minimum absolute atomic E-state index is 0.0890. The maximum atomic E-state index is 12.6. The van der Waals surface area contributed by atoms with Crippen LogP contribution in [0.15, 0.2) is 30.5 Å². The number of aromatic nitrogens is 2. The Hall–Kier alpha value is -2.57. The second-order valence-electron chi connectivity index (χ2n) is 7.03. The summed E-state index contributed by atoms with van der Waals surface area (Å²) in [5.74, 6) is -0.0468. The highest BCUT2D eigenvalue weighted by molar-refractivity contribution is 6.39. The molecule has 1 N–H and O–H groups in total. The molecule has 1 aliphatic heterocycles. The van der Waals surface area contributed by atoms with Gasteiger partial charge in [0.25, 0.3) is 5.91 Å². The Morgan fingerprint density at radius 3 is 2.69 bits per heavy atom. The number of amides is 1. The lowest BCUT2D eigenvalue weighted by molar-refractivity contribution is 0.0787. The number of halogens is 2. The third kappa shape index (κ3) is 3.95. The van der Waals surface area contributed by atoms with Gasteiger partial charge in [0.15, 0.2) is 12.4 Å². The zero-order chi connectivity index (χ0) is 20.5. The standard InChI is InChI=1S/C21H19Cl2N3O3/c1-12-4-5-14-15(22)9-16(23)20(19(14)25-12)29-11-18(27)13-8-17(24-10-13)21(28)26-6-2-3-7-26/h4-5,8-10,24H,2-3,6-7,11H2,1H3. The third-order valence-electron chi connectivity index (χ3n) is 4.95. The first-order valence-corrected chi connectivity index (χ1v) is 10.1. The van der Waals surface area contributed by atoms with E-state index in [-0.39, 0.29) is 23.3 Å². The van der Waals surface area contributed by atoms with Crippen LogP contribution in [0.25, 0.3) is 10.9 Å².